The Balaban J connectivity index is 1.49. The maximum absolute atomic E-state index is 13.7. The van der Waals surface area contributed by atoms with Crippen LogP contribution in [0.5, 0.6) is 0 Å². The second-order valence-electron chi connectivity index (χ2n) is 11.7. The van der Waals surface area contributed by atoms with Crippen molar-refractivity contribution in [1.82, 2.24) is 14.7 Å². The number of halogens is 1. The first-order valence-electron chi connectivity index (χ1n) is 14.9. The number of nitrogens with zero attached hydrogens (tertiary/aromatic N) is 3. The maximum Gasteiger partial charge on any atom is 0.228 e. The molecule has 0 radical (unpaired) electrons. The molecule has 1 amide bonds. The minimum absolute atomic E-state index is 0.0251. The standard InChI is InChI=1S/C36H37BrN4O/c1-26(2)25-40-22-20-27(21-23-40)35(42)38-34-32-24-31(37)18-19-33(32)41(39-34)36(28-12-6-3-7-13-28,29-14-8-4-9-15-29)30-16-10-5-11-17-30/h3-19,24,26-27H,20-23,25H2,1-2H3,(H,38,39,42). The first kappa shape index (κ1) is 28.4. The molecule has 0 unspecified atom stereocenters. The van der Waals surface area contributed by atoms with Gasteiger partial charge in [0.15, 0.2) is 5.82 Å². The fraction of sp³-hybridized carbons (Fsp3) is 0.278. The van der Waals surface area contributed by atoms with Gasteiger partial charge in [0.2, 0.25) is 5.91 Å². The Kier molecular flexibility index (Phi) is 8.27. The Hall–Kier alpha value is -3.74. The predicted molar refractivity (Wildman–Crippen MR) is 175 cm³/mol. The number of carbonyl (C=O) groups excluding carboxylic acids is 1. The maximum atomic E-state index is 13.7. The Labute approximate surface area is 256 Å². The Morgan fingerprint density at radius 3 is 1.88 bits per heavy atom. The van der Waals surface area contributed by atoms with Gasteiger partial charge < -0.3 is 10.2 Å². The summed E-state index contributed by atoms with van der Waals surface area (Å²) in [7, 11) is 0. The third kappa shape index (κ3) is 5.41. The number of aromatic nitrogens is 2. The van der Waals surface area contributed by atoms with Crippen LogP contribution in [0.1, 0.15) is 43.4 Å². The summed E-state index contributed by atoms with van der Waals surface area (Å²) in [6.45, 7) is 7.49. The van der Waals surface area contributed by atoms with Crippen LogP contribution in [0.25, 0.3) is 10.9 Å². The third-order valence-electron chi connectivity index (χ3n) is 8.36. The van der Waals surface area contributed by atoms with E-state index >= 15 is 0 Å². The van der Waals surface area contributed by atoms with Crippen molar-refractivity contribution in [3.05, 3.63) is 130 Å². The molecule has 1 aliphatic heterocycles. The van der Waals surface area contributed by atoms with E-state index in [-0.39, 0.29) is 11.8 Å². The molecule has 0 saturated carbocycles. The summed E-state index contributed by atoms with van der Waals surface area (Å²) in [6, 6.07) is 37.8. The zero-order valence-electron chi connectivity index (χ0n) is 24.2. The molecular weight excluding hydrogens is 584 g/mol. The van der Waals surface area contributed by atoms with E-state index in [1.165, 1.54) is 0 Å². The highest BCUT2D eigenvalue weighted by Crippen LogP contribution is 2.43. The lowest BCUT2D eigenvalue weighted by atomic mass is 9.77. The second kappa shape index (κ2) is 12.2. The van der Waals surface area contributed by atoms with Crippen molar-refractivity contribution in [2.45, 2.75) is 32.2 Å². The van der Waals surface area contributed by atoms with Gasteiger partial charge in [0.05, 0.1) is 5.52 Å². The first-order chi connectivity index (χ1) is 20.5. The molecule has 1 aliphatic rings. The van der Waals surface area contributed by atoms with Gasteiger partial charge in [0.25, 0.3) is 0 Å². The van der Waals surface area contributed by atoms with E-state index in [4.69, 9.17) is 5.10 Å². The van der Waals surface area contributed by atoms with E-state index in [9.17, 15) is 4.79 Å². The van der Waals surface area contributed by atoms with Gasteiger partial charge >= 0.3 is 0 Å². The molecule has 6 rings (SSSR count). The van der Waals surface area contributed by atoms with Gasteiger partial charge in [-0.1, -0.05) is 121 Å². The largest absolute Gasteiger partial charge is 0.308 e. The topological polar surface area (TPSA) is 50.2 Å². The number of anilines is 1. The number of piperidine rings is 1. The number of hydrogen-bond acceptors (Lipinski definition) is 3. The van der Waals surface area contributed by atoms with Gasteiger partial charge in [-0.05, 0) is 66.7 Å². The molecule has 1 saturated heterocycles. The molecule has 2 heterocycles. The van der Waals surface area contributed by atoms with Crippen LogP contribution in [0.4, 0.5) is 5.82 Å². The summed E-state index contributed by atoms with van der Waals surface area (Å²) in [4.78, 5) is 16.2. The number of rotatable bonds is 8. The molecule has 0 aliphatic carbocycles. The van der Waals surface area contributed by atoms with Crippen LogP contribution in [0.2, 0.25) is 0 Å². The molecule has 4 aromatic carbocycles. The van der Waals surface area contributed by atoms with Gasteiger partial charge in [-0.3, -0.25) is 4.79 Å². The second-order valence-corrected chi connectivity index (χ2v) is 12.6. The molecule has 5 nitrogen and oxygen atoms in total. The zero-order chi connectivity index (χ0) is 29.1. The average Bonchev–Trinajstić information content (AvgIpc) is 3.36. The van der Waals surface area contributed by atoms with Crippen molar-refractivity contribution >= 4 is 38.6 Å². The molecule has 6 heteroatoms. The van der Waals surface area contributed by atoms with Crippen LogP contribution in [0, 0.1) is 11.8 Å². The SMILES string of the molecule is CC(C)CN1CCC(C(=O)Nc2nn(C(c3ccccc3)(c3ccccc3)c3ccccc3)c3ccc(Br)cc23)CC1. The molecule has 1 aromatic heterocycles. The average molecular weight is 622 g/mol. The van der Waals surface area contributed by atoms with E-state index in [2.05, 4.69) is 130 Å². The molecule has 0 spiro atoms. The summed E-state index contributed by atoms with van der Waals surface area (Å²) < 4.78 is 3.05. The lowest BCUT2D eigenvalue weighted by molar-refractivity contribution is -0.121. The summed E-state index contributed by atoms with van der Waals surface area (Å²) in [5.41, 5.74) is 3.43. The van der Waals surface area contributed by atoms with Crippen LogP contribution in [0.3, 0.4) is 0 Å². The highest BCUT2D eigenvalue weighted by atomic mass is 79.9. The molecule has 0 atom stereocenters. The fourth-order valence-corrected chi connectivity index (χ4v) is 6.82. The molecule has 0 bridgehead atoms. The normalized spacial score (nSPS) is 14.9. The van der Waals surface area contributed by atoms with E-state index in [1.54, 1.807) is 0 Å². The minimum Gasteiger partial charge on any atom is -0.308 e. The first-order valence-corrected chi connectivity index (χ1v) is 15.6. The predicted octanol–water partition coefficient (Wildman–Crippen LogP) is 7.95. The van der Waals surface area contributed by atoms with Crippen molar-refractivity contribution in [2.24, 2.45) is 11.8 Å². The van der Waals surface area contributed by atoms with E-state index < -0.39 is 5.54 Å². The van der Waals surface area contributed by atoms with Gasteiger partial charge in [-0.25, -0.2) is 4.68 Å². The molecule has 5 aromatic rings. The van der Waals surface area contributed by atoms with Crippen molar-refractivity contribution in [3.63, 3.8) is 0 Å². The van der Waals surface area contributed by atoms with Crippen LogP contribution < -0.4 is 5.32 Å². The lowest BCUT2D eigenvalue weighted by Gasteiger charge is -2.37. The monoisotopic (exact) mass is 620 g/mol. The van der Waals surface area contributed by atoms with Crippen molar-refractivity contribution in [1.29, 1.82) is 0 Å². The Morgan fingerprint density at radius 1 is 0.857 bits per heavy atom. The third-order valence-corrected chi connectivity index (χ3v) is 8.85. The summed E-state index contributed by atoms with van der Waals surface area (Å²) in [5.74, 6) is 1.25. The number of hydrogen-bond donors (Lipinski definition) is 1. The highest BCUT2D eigenvalue weighted by molar-refractivity contribution is 9.10. The van der Waals surface area contributed by atoms with Crippen molar-refractivity contribution in [3.8, 4) is 0 Å². The van der Waals surface area contributed by atoms with Crippen molar-refractivity contribution in [2.75, 3.05) is 25.0 Å². The van der Waals surface area contributed by atoms with E-state index in [1.807, 2.05) is 24.3 Å². The van der Waals surface area contributed by atoms with Gasteiger partial charge in [0.1, 0.15) is 5.54 Å². The highest BCUT2D eigenvalue weighted by Gasteiger charge is 2.41. The fourth-order valence-electron chi connectivity index (χ4n) is 6.46. The lowest BCUT2D eigenvalue weighted by Crippen LogP contribution is -2.40. The van der Waals surface area contributed by atoms with Crippen LogP contribution in [0.15, 0.2) is 114 Å². The Morgan fingerprint density at radius 2 is 1.38 bits per heavy atom. The van der Waals surface area contributed by atoms with Crippen LogP contribution >= 0.6 is 15.9 Å². The van der Waals surface area contributed by atoms with Gasteiger partial charge in [-0.15, -0.1) is 0 Å². The molecule has 42 heavy (non-hydrogen) atoms. The van der Waals surface area contributed by atoms with Crippen molar-refractivity contribution < 1.29 is 4.79 Å². The van der Waals surface area contributed by atoms with Gasteiger partial charge in [0, 0.05) is 22.3 Å². The molecule has 1 fully saturated rings. The smallest absolute Gasteiger partial charge is 0.228 e. The summed E-state index contributed by atoms with van der Waals surface area (Å²) in [5, 5.41) is 9.45. The van der Waals surface area contributed by atoms with Crippen LogP contribution in [-0.4, -0.2) is 40.2 Å². The number of carbonyl (C=O) groups is 1. The number of likely N-dealkylation sites (tertiary alicyclic amines) is 1. The number of benzene rings is 4. The van der Waals surface area contributed by atoms with Crippen LogP contribution in [-0.2, 0) is 10.3 Å². The molecule has 214 valence electrons. The summed E-state index contributed by atoms with van der Waals surface area (Å²) >= 11 is 3.67. The number of fused-ring (bicyclic) bond motifs is 1. The molecule has 1 N–H and O–H groups in total. The molecular formula is C36H37BrN4O. The quantitative estimate of drug-likeness (QED) is 0.179. The number of nitrogens with one attached hydrogen (secondary N) is 1. The van der Waals surface area contributed by atoms with Gasteiger partial charge in [-0.2, -0.15) is 5.10 Å². The zero-order valence-corrected chi connectivity index (χ0v) is 25.8. The number of amides is 1. The Bertz CT molecular complexity index is 1550. The van der Waals surface area contributed by atoms with E-state index in [0.29, 0.717) is 11.7 Å². The summed E-state index contributed by atoms with van der Waals surface area (Å²) in [6.07, 6.45) is 1.73. The van der Waals surface area contributed by atoms with E-state index in [0.717, 1.165) is 64.5 Å². The minimum atomic E-state index is -0.777.